The summed E-state index contributed by atoms with van der Waals surface area (Å²) >= 11 is 0. The molecule has 1 aromatic rings. The number of alkyl halides is 3. The standard InChI is InChI=1S/C13H10F3S/c14-13(15,16)17-11-7-3-1-5-9(11)10-6-2-4-8-12(10)17/h1-9,11H/q+1. The van der Waals surface area contributed by atoms with Gasteiger partial charge in [0.25, 0.3) is 0 Å². The van der Waals surface area contributed by atoms with E-state index in [1.165, 1.54) is 0 Å². The van der Waals surface area contributed by atoms with E-state index in [4.69, 9.17) is 0 Å². The predicted octanol–water partition coefficient (Wildman–Crippen LogP) is 3.78. The van der Waals surface area contributed by atoms with Crippen molar-refractivity contribution < 1.29 is 13.2 Å². The normalized spacial score (nSPS) is 30.2. The molecule has 0 saturated carbocycles. The van der Waals surface area contributed by atoms with Gasteiger partial charge in [0.05, 0.1) is 5.92 Å². The van der Waals surface area contributed by atoms with E-state index in [0.29, 0.717) is 4.90 Å². The van der Waals surface area contributed by atoms with E-state index in [-0.39, 0.29) is 5.92 Å². The summed E-state index contributed by atoms with van der Waals surface area (Å²) in [5, 5.41) is -0.447. The maximum Gasteiger partial charge on any atom is 0.581 e. The molecule has 17 heavy (non-hydrogen) atoms. The number of rotatable bonds is 0. The van der Waals surface area contributed by atoms with Gasteiger partial charge in [-0.25, -0.2) is 0 Å². The lowest BCUT2D eigenvalue weighted by molar-refractivity contribution is -0.0372. The van der Waals surface area contributed by atoms with Gasteiger partial charge in [-0.15, -0.1) is 13.2 Å². The van der Waals surface area contributed by atoms with Crippen molar-refractivity contribution in [2.75, 3.05) is 0 Å². The maximum absolute atomic E-state index is 13.2. The Morgan fingerprint density at radius 2 is 1.71 bits per heavy atom. The van der Waals surface area contributed by atoms with Gasteiger partial charge in [0.15, 0.2) is 10.1 Å². The Kier molecular flexibility index (Phi) is 2.36. The molecule has 1 heterocycles. The van der Waals surface area contributed by atoms with Gasteiger partial charge < -0.3 is 0 Å². The highest BCUT2D eigenvalue weighted by atomic mass is 32.2. The summed E-state index contributed by atoms with van der Waals surface area (Å²) in [6, 6.07) is 6.93. The average molecular weight is 255 g/mol. The lowest BCUT2D eigenvalue weighted by atomic mass is 9.93. The van der Waals surface area contributed by atoms with Crippen LogP contribution in [0.15, 0.2) is 53.5 Å². The molecule has 4 heteroatoms. The smallest absolute Gasteiger partial charge is 0.122 e. The van der Waals surface area contributed by atoms with E-state index in [1.807, 2.05) is 24.3 Å². The van der Waals surface area contributed by atoms with Gasteiger partial charge in [-0.05, 0) is 12.1 Å². The lowest BCUT2D eigenvalue weighted by Crippen LogP contribution is -2.32. The van der Waals surface area contributed by atoms with Gasteiger partial charge in [-0.3, -0.25) is 0 Å². The quantitative estimate of drug-likeness (QED) is 0.619. The molecule has 2 aliphatic rings. The molecule has 1 aromatic carbocycles. The summed E-state index contributed by atoms with van der Waals surface area (Å²) in [7, 11) is -1.67. The third kappa shape index (κ3) is 1.62. The first kappa shape index (κ1) is 11.0. The summed E-state index contributed by atoms with van der Waals surface area (Å²) in [6.07, 6.45) is 7.13. The van der Waals surface area contributed by atoms with E-state index in [1.54, 1.807) is 24.3 Å². The van der Waals surface area contributed by atoms with Gasteiger partial charge >= 0.3 is 5.51 Å². The van der Waals surface area contributed by atoms with E-state index in [2.05, 4.69) is 0 Å². The zero-order chi connectivity index (χ0) is 12.0. The van der Waals surface area contributed by atoms with Crippen molar-refractivity contribution in [3.8, 4) is 0 Å². The maximum atomic E-state index is 13.2. The monoisotopic (exact) mass is 255 g/mol. The van der Waals surface area contributed by atoms with Crippen LogP contribution in [0.25, 0.3) is 0 Å². The van der Waals surface area contributed by atoms with E-state index >= 15 is 0 Å². The number of halogens is 3. The highest BCUT2D eigenvalue weighted by Gasteiger charge is 2.63. The minimum absolute atomic E-state index is 0.110. The number of benzene rings is 1. The molecule has 0 bridgehead atoms. The van der Waals surface area contributed by atoms with Crippen molar-refractivity contribution in [2.45, 2.75) is 21.6 Å². The van der Waals surface area contributed by atoms with Gasteiger partial charge in [0, 0.05) is 5.56 Å². The minimum Gasteiger partial charge on any atom is -0.122 e. The third-order valence-corrected chi connectivity index (χ3v) is 5.46. The largest absolute Gasteiger partial charge is 0.581 e. The fourth-order valence-corrected chi connectivity index (χ4v) is 4.79. The first-order valence-electron chi connectivity index (χ1n) is 5.33. The van der Waals surface area contributed by atoms with Crippen LogP contribution in [0.2, 0.25) is 0 Å². The molecule has 1 aliphatic heterocycles. The Morgan fingerprint density at radius 3 is 2.47 bits per heavy atom. The Labute approximate surface area is 100 Å². The molecule has 3 unspecified atom stereocenters. The van der Waals surface area contributed by atoms with Crippen LogP contribution >= 0.6 is 0 Å². The van der Waals surface area contributed by atoms with Crippen LogP contribution in [0.3, 0.4) is 0 Å². The van der Waals surface area contributed by atoms with Gasteiger partial charge in [-0.2, -0.15) is 0 Å². The van der Waals surface area contributed by atoms with Gasteiger partial charge in [0.1, 0.15) is 10.9 Å². The third-order valence-electron chi connectivity index (χ3n) is 3.12. The zero-order valence-corrected chi connectivity index (χ0v) is 9.63. The molecule has 0 nitrogen and oxygen atoms in total. The lowest BCUT2D eigenvalue weighted by Gasteiger charge is -2.15. The molecule has 3 rings (SSSR count). The van der Waals surface area contributed by atoms with Crippen molar-refractivity contribution in [1.82, 2.24) is 0 Å². The molecule has 88 valence electrons. The predicted molar refractivity (Wildman–Crippen MR) is 62.9 cm³/mol. The van der Waals surface area contributed by atoms with E-state index < -0.39 is 21.7 Å². The summed E-state index contributed by atoms with van der Waals surface area (Å²) in [5.74, 6) is -0.110. The van der Waals surface area contributed by atoms with Crippen LogP contribution in [0.1, 0.15) is 11.5 Å². The first-order valence-corrected chi connectivity index (χ1v) is 6.61. The Bertz CT molecular complexity index is 502. The van der Waals surface area contributed by atoms with E-state index in [0.717, 1.165) is 5.56 Å². The van der Waals surface area contributed by atoms with Gasteiger partial charge in [-0.1, -0.05) is 36.4 Å². The fourth-order valence-electron chi connectivity index (χ4n) is 2.47. The van der Waals surface area contributed by atoms with Crippen molar-refractivity contribution in [3.63, 3.8) is 0 Å². The molecule has 0 radical (unpaired) electrons. The van der Waals surface area contributed by atoms with Crippen molar-refractivity contribution in [1.29, 1.82) is 0 Å². The van der Waals surface area contributed by atoms with Crippen LogP contribution < -0.4 is 0 Å². The van der Waals surface area contributed by atoms with Crippen molar-refractivity contribution in [3.05, 3.63) is 54.1 Å². The summed E-state index contributed by atoms with van der Waals surface area (Å²) in [4.78, 5) is 0.464. The molecule has 3 atom stereocenters. The van der Waals surface area contributed by atoms with Crippen molar-refractivity contribution in [2.24, 2.45) is 0 Å². The molecule has 0 fully saturated rings. The van der Waals surface area contributed by atoms with Crippen LogP contribution in [0, 0.1) is 0 Å². The number of hydrogen-bond acceptors (Lipinski definition) is 0. The van der Waals surface area contributed by atoms with Crippen LogP contribution in [0.4, 0.5) is 13.2 Å². The van der Waals surface area contributed by atoms with Gasteiger partial charge in [0.2, 0.25) is 0 Å². The van der Waals surface area contributed by atoms with Crippen LogP contribution in [-0.2, 0) is 10.9 Å². The summed E-state index contributed by atoms with van der Waals surface area (Å²) in [5.41, 5.74) is -3.32. The molecule has 0 amide bonds. The Morgan fingerprint density at radius 1 is 1.00 bits per heavy atom. The van der Waals surface area contributed by atoms with Crippen LogP contribution in [-0.4, -0.2) is 10.8 Å². The van der Waals surface area contributed by atoms with E-state index in [9.17, 15) is 13.2 Å². The first-order chi connectivity index (χ1) is 8.09. The number of hydrogen-bond donors (Lipinski definition) is 0. The van der Waals surface area contributed by atoms with Crippen LogP contribution in [0.5, 0.6) is 0 Å². The molecule has 0 saturated heterocycles. The molecular weight excluding hydrogens is 245 g/mol. The second kappa shape index (κ2) is 3.67. The average Bonchev–Trinajstić information content (AvgIpc) is 2.63. The summed E-state index contributed by atoms with van der Waals surface area (Å²) < 4.78 is 39.5. The highest BCUT2D eigenvalue weighted by molar-refractivity contribution is 7.98. The highest BCUT2D eigenvalue weighted by Crippen LogP contribution is 2.50. The molecule has 0 aromatic heterocycles. The molecule has 1 aliphatic carbocycles. The fraction of sp³-hybridized carbons (Fsp3) is 0.231. The summed E-state index contributed by atoms with van der Waals surface area (Å²) in [6.45, 7) is 0. The topological polar surface area (TPSA) is 0 Å². The Hall–Kier alpha value is -1.16. The van der Waals surface area contributed by atoms with Crippen molar-refractivity contribution >= 4 is 10.9 Å². The SMILES string of the molecule is FC(F)(F)[S+]1c2ccccc2C2C=CC=CC21. The zero-order valence-electron chi connectivity index (χ0n) is 8.82. The number of fused-ring (bicyclic) bond motifs is 3. The number of allylic oxidation sites excluding steroid dienone is 3. The molecule has 0 spiro atoms. The molecule has 0 N–H and O–H groups in total. The minimum atomic E-state index is -4.15. The second-order valence-corrected chi connectivity index (χ2v) is 6.20. The Balaban J connectivity index is 2.17. The second-order valence-electron chi connectivity index (χ2n) is 4.08. The molecular formula is C13H10F3S+.